The van der Waals surface area contributed by atoms with Gasteiger partial charge in [0.25, 0.3) is 0 Å². The maximum absolute atomic E-state index is 10.2. The molecule has 12 heavy (non-hydrogen) atoms. The fourth-order valence-corrected chi connectivity index (χ4v) is 2.02. The van der Waals surface area contributed by atoms with Crippen molar-refractivity contribution < 1.29 is 5.11 Å². The van der Waals surface area contributed by atoms with E-state index in [1.54, 1.807) is 0 Å². The molecule has 0 aromatic carbocycles. The summed E-state index contributed by atoms with van der Waals surface area (Å²) in [6, 6.07) is 0. The average Bonchev–Trinajstić information content (AvgIpc) is 2.07. The molecule has 0 saturated heterocycles. The zero-order valence-corrected chi connectivity index (χ0v) is 8.21. The normalized spacial score (nSPS) is 37.4. The Balaban J connectivity index is 2.53. The van der Waals surface area contributed by atoms with Crippen LogP contribution in [0.2, 0.25) is 0 Å². The highest BCUT2D eigenvalue weighted by atomic mass is 16.3. The smallest absolute Gasteiger partial charge is 0.0707 e. The Morgan fingerprint density at radius 3 is 2.83 bits per heavy atom. The first-order valence-corrected chi connectivity index (χ1v) is 5.02. The molecule has 70 valence electrons. The van der Waals surface area contributed by atoms with Crippen LogP contribution in [0.25, 0.3) is 0 Å². The van der Waals surface area contributed by atoms with Crippen LogP contribution >= 0.6 is 0 Å². The van der Waals surface area contributed by atoms with Crippen LogP contribution in [-0.2, 0) is 0 Å². The maximum Gasteiger partial charge on any atom is 0.0707 e. The standard InChI is InChI=1S/C11H20O/c1-3-4-8-11(12)9-6-5-7-10(11)2/h3-4,10,12H,5-9H2,1-2H3. The quantitative estimate of drug-likeness (QED) is 0.629. The molecular formula is C11H20O. The lowest BCUT2D eigenvalue weighted by molar-refractivity contribution is -0.0383. The summed E-state index contributed by atoms with van der Waals surface area (Å²) in [5, 5.41) is 10.2. The monoisotopic (exact) mass is 168 g/mol. The van der Waals surface area contributed by atoms with Crippen molar-refractivity contribution in [2.24, 2.45) is 5.92 Å². The third kappa shape index (κ3) is 2.10. The first-order chi connectivity index (χ1) is 5.69. The van der Waals surface area contributed by atoms with Crippen LogP contribution < -0.4 is 0 Å². The highest BCUT2D eigenvalue weighted by Crippen LogP contribution is 2.36. The predicted octanol–water partition coefficient (Wildman–Crippen LogP) is 2.89. The van der Waals surface area contributed by atoms with E-state index in [1.807, 2.05) is 13.0 Å². The van der Waals surface area contributed by atoms with Gasteiger partial charge in [-0.1, -0.05) is 31.9 Å². The number of hydrogen-bond donors (Lipinski definition) is 1. The first-order valence-electron chi connectivity index (χ1n) is 5.02. The zero-order chi connectivity index (χ0) is 9.03. The van der Waals surface area contributed by atoms with Crippen molar-refractivity contribution >= 4 is 0 Å². The van der Waals surface area contributed by atoms with Crippen molar-refractivity contribution in [3.05, 3.63) is 12.2 Å². The predicted molar refractivity (Wildman–Crippen MR) is 52.0 cm³/mol. The van der Waals surface area contributed by atoms with Gasteiger partial charge in [0.1, 0.15) is 0 Å². The van der Waals surface area contributed by atoms with Crippen LogP contribution in [0, 0.1) is 5.92 Å². The fourth-order valence-electron chi connectivity index (χ4n) is 2.02. The molecule has 1 saturated carbocycles. The second-order valence-electron chi connectivity index (χ2n) is 4.02. The molecule has 0 aromatic heterocycles. The topological polar surface area (TPSA) is 20.2 Å². The van der Waals surface area contributed by atoms with Gasteiger partial charge in [-0.2, -0.15) is 0 Å². The minimum absolute atomic E-state index is 0.398. The Kier molecular flexibility index (Phi) is 3.33. The van der Waals surface area contributed by atoms with Gasteiger partial charge < -0.3 is 5.11 Å². The Hall–Kier alpha value is -0.300. The molecule has 0 amide bonds. The van der Waals surface area contributed by atoms with Gasteiger partial charge in [-0.15, -0.1) is 0 Å². The minimum atomic E-state index is -0.398. The molecule has 1 fully saturated rings. The lowest BCUT2D eigenvalue weighted by Gasteiger charge is -2.37. The lowest BCUT2D eigenvalue weighted by Crippen LogP contribution is -2.38. The zero-order valence-electron chi connectivity index (χ0n) is 8.21. The molecule has 0 aromatic rings. The Morgan fingerprint density at radius 1 is 1.50 bits per heavy atom. The maximum atomic E-state index is 10.2. The van der Waals surface area contributed by atoms with Crippen LogP contribution in [0.4, 0.5) is 0 Å². The van der Waals surface area contributed by atoms with Crippen molar-refractivity contribution in [2.75, 3.05) is 0 Å². The fraction of sp³-hybridized carbons (Fsp3) is 0.818. The number of rotatable bonds is 2. The van der Waals surface area contributed by atoms with E-state index in [4.69, 9.17) is 0 Å². The Bertz CT molecular complexity index is 162. The molecule has 1 heteroatoms. The van der Waals surface area contributed by atoms with Crippen molar-refractivity contribution in [3.8, 4) is 0 Å². The molecule has 2 atom stereocenters. The third-order valence-electron chi connectivity index (χ3n) is 3.12. The molecule has 0 heterocycles. The molecule has 0 spiro atoms. The summed E-state index contributed by atoms with van der Waals surface area (Å²) in [5.41, 5.74) is -0.398. The van der Waals surface area contributed by atoms with Gasteiger partial charge in [-0.25, -0.2) is 0 Å². The molecule has 2 unspecified atom stereocenters. The lowest BCUT2D eigenvalue weighted by atomic mass is 9.74. The van der Waals surface area contributed by atoms with E-state index < -0.39 is 5.60 Å². The summed E-state index contributed by atoms with van der Waals surface area (Å²) in [7, 11) is 0. The average molecular weight is 168 g/mol. The van der Waals surface area contributed by atoms with Crippen molar-refractivity contribution in [1.29, 1.82) is 0 Å². The van der Waals surface area contributed by atoms with Gasteiger partial charge in [-0.3, -0.25) is 0 Å². The SMILES string of the molecule is CC=CCC1(O)CCCCC1C. The second kappa shape index (κ2) is 4.08. The number of aliphatic hydroxyl groups is 1. The molecule has 0 bridgehead atoms. The second-order valence-corrected chi connectivity index (χ2v) is 4.02. The van der Waals surface area contributed by atoms with Gasteiger partial charge in [0.05, 0.1) is 5.60 Å². The molecule has 0 radical (unpaired) electrons. The van der Waals surface area contributed by atoms with E-state index in [-0.39, 0.29) is 0 Å². The Labute approximate surface area is 75.5 Å². The highest BCUT2D eigenvalue weighted by molar-refractivity contribution is 4.94. The third-order valence-corrected chi connectivity index (χ3v) is 3.12. The highest BCUT2D eigenvalue weighted by Gasteiger charge is 2.34. The van der Waals surface area contributed by atoms with E-state index in [2.05, 4.69) is 13.0 Å². The van der Waals surface area contributed by atoms with Crippen LogP contribution in [0.1, 0.15) is 46.0 Å². The minimum Gasteiger partial charge on any atom is -0.389 e. The van der Waals surface area contributed by atoms with E-state index in [9.17, 15) is 5.11 Å². The molecule has 0 aliphatic heterocycles. The molecule has 1 nitrogen and oxygen atoms in total. The van der Waals surface area contributed by atoms with Crippen LogP contribution in [0.5, 0.6) is 0 Å². The largest absolute Gasteiger partial charge is 0.389 e. The molecule has 1 aliphatic carbocycles. The van der Waals surface area contributed by atoms with Gasteiger partial charge in [-0.05, 0) is 32.1 Å². The summed E-state index contributed by atoms with van der Waals surface area (Å²) < 4.78 is 0. The van der Waals surface area contributed by atoms with Crippen LogP contribution in [-0.4, -0.2) is 10.7 Å². The Morgan fingerprint density at radius 2 is 2.25 bits per heavy atom. The van der Waals surface area contributed by atoms with Crippen LogP contribution in [0.15, 0.2) is 12.2 Å². The van der Waals surface area contributed by atoms with Gasteiger partial charge in [0, 0.05) is 0 Å². The summed E-state index contributed by atoms with van der Waals surface area (Å²) in [4.78, 5) is 0. The summed E-state index contributed by atoms with van der Waals surface area (Å²) in [6.07, 6.45) is 9.61. The number of hydrogen-bond acceptors (Lipinski definition) is 1. The van der Waals surface area contributed by atoms with E-state index in [1.165, 1.54) is 19.3 Å². The molecular weight excluding hydrogens is 148 g/mol. The molecule has 1 N–H and O–H groups in total. The van der Waals surface area contributed by atoms with E-state index in [0.717, 1.165) is 12.8 Å². The van der Waals surface area contributed by atoms with Crippen molar-refractivity contribution in [2.45, 2.75) is 51.6 Å². The van der Waals surface area contributed by atoms with Crippen LogP contribution in [0.3, 0.4) is 0 Å². The summed E-state index contributed by atoms with van der Waals surface area (Å²) in [5.74, 6) is 0.474. The van der Waals surface area contributed by atoms with Crippen molar-refractivity contribution in [1.82, 2.24) is 0 Å². The van der Waals surface area contributed by atoms with Gasteiger partial charge in [0.2, 0.25) is 0 Å². The van der Waals surface area contributed by atoms with Crippen molar-refractivity contribution in [3.63, 3.8) is 0 Å². The van der Waals surface area contributed by atoms with Gasteiger partial charge in [0.15, 0.2) is 0 Å². The van der Waals surface area contributed by atoms with E-state index >= 15 is 0 Å². The summed E-state index contributed by atoms with van der Waals surface area (Å²) in [6.45, 7) is 4.18. The molecule has 1 aliphatic rings. The number of allylic oxidation sites excluding steroid dienone is 1. The van der Waals surface area contributed by atoms with Gasteiger partial charge >= 0.3 is 0 Å². The first kappa shape index (κ1) is 9.79. The molecule has 1 rings (SSSR count). The van der Waals surface area contributed by atoms with E-state index in [0.29, 0.717) is 5.92 Å². The summed E-state index contributed by atoms with van der Waals surface area (Å²) >= 11 is 0.